The van der Waals surface area contributed by atoms with Crippen molar-refractivity contribution in [3.63, 3.8) is 0 Å². The van der Waals surface area contributed by atoms with Crippen molar-refractivity contribution in [3.8, 4) is 40.3 Å². The first-order chi connectivity index (χ1) is 27.2. The third kappa shape index (κ3) is 4.39. The lowest BCUT2D eigenvalue weighted by atomic mass is 10.00. The molecule has 0 saturated carbocycles. The Bertz CT molecular complexity index is 3420. The first kappa shape index (κ1) is 30.7. The third-order valence-corrected chi connectivity index (χ3v) is 11.1. The van der Waals surface area contributed by atoms with Crippen molar-refractivity contribution in [2.45, 2.75) is 0 Å². The van der Waals surface area contributed by atoms with Crippen molar-refractivity contribution < 1.29 is 0 Å². The van der Waals surface area contributed by atoms with Crippen LogP contribution in [-0.4, -0.2) is 13.7 Å². The van der Waals surface area contributed by atoms with Crippen molar-refractivity contribution in [1.29, 1.82) is 10.5 Å². The summed E-state index contributed by atoms with van der Waals surface area (Å²) in [6, 6.07) is 65.9. The number of benzene rings is 8. The minimum absolute atomic E-state index is 0.579. The first-order valence-corrected chi connectivity index (χ1v) is 18.3. The Morgan fingerprint density at radius 1 is 0.345 bits per heavy atom. The number of aromatic nitrogens is 3. The van der Waals surface area contributed by atoms with Gasteiger partial charge in [0.2, 0.25) is 0 Å². The third-order valence-electron chi connectivity index (χ3n) is 11.1. The van der Waals surface area contributed by atoms with Crippen LogP contribution in [0, 0.1) is 22.7 Å². The van der Waals surface area contributed by atoms with E-state index in [9.17, 15) is 10.5 Å². The molecule has 5 nitrogen and oxygen atoms in total. The molecule has 0 aliphatic heterocycles. The Labute approximate surface area is 316 Å². The van der Waals surface area contributed by atoms with E-state index in [0.29, 0.717) is 11.1 Å². The maximum absolute atomic E-state index is 10.7. The Morgan fingerprint density at radius 3 is 1.53 bits per heavy atom. The van der Waals surface area contributed by atoms with E-state index < -0.39 is 0 Å². The van der Waals surface area contributed by atoms with Crippen molar-refractivity contribution in [2.24, 2.45) is 0 Å². The Kier molecular flexibility index (Phi) is 6.61. The smallest absolute Gasteiger partial charge is 0.101 e. The summed E-state index contributed by atoms with van der Waals surface area (Å²) in [6.07, 6.45) is 0. The predicted molar refractivity (Wildman–Crippen MR) is 224 cm³/mol. The molecule has 0 amide bonds. The molecule has 0 spiro atoms. The number of nitriles is 2. The van der Waals surface area contributed by atoms with Crippen LogP contribution in [-0.2, 0) is 0 Å². The molecule has 3 aromatic heterocycles. The molecule has 11 aromatic rings. The van der Waals surface area contributed by atoms with Crippen molar-refractivity contribution in [1.82, 2.24) is 13.7 Å². The summed E-state index contributed by atoms with van der Waals surface area (Å²) < 4.78 is 6.81. The van der Waals surface area contributed by atoms with Crippen molar-refractivity contribution in [3.05, 3.63) is 187 Å². The van der Waals surface area contributed by atoms with Crippen LogP contribution in [0.1, 0.15) is 11.1 Å². The maximum Gasteiger partial charge on any atom is 0.101 e. The summed E-state index contributed by atoms with van der Waals surface area (Å²) in [6.45, 7) is 0. The summed E-state index contributed by atoms with van der Waals surface area (Å²) in [7, 11) is 0. The van der Waals surface area contributed by atoms with Gasteiger partial charge < -0.3 is 13.7 Å². The van der Waals surface area contributed by atoms with Crippen molar-refractivity contribution >= 4 is 65.4 Å². The molecule has 254 valence electrons. The van der Waals surface area contributed by atoms with Crippen LogP contribution in [0.4, 0.5) is 0 Å². The summed E-state index contributed by atoms with van der Waals surface area (Å²) in [4.78, 5) is 0. The zero-order valence-corrected chi connectivity index (χ0v) is 29.5. The molecule has 5 heteroatoms. The average molecular weight is 700 g/mol. The van der Waals surface area contributed by atoms with Gasteiger partial charge in [-0.1, -0.05) is 115 Å². The van der Waals surface area contributed by atoms with Gasteiger partial charge in [-0.15, -0.1) is 0 Å². The lowest BCUT2D eigenvalue weighted by molar-refractivity contribution is 1.15. The summed E-state index contributed by atoms with van der Waals surface area (Å²) in [5, 5.41) is 27.7. The lowest BCUT2D eigenvalue weighted by Crippen LogP contribution is -2.01. The van der Waals surface area contributed by atoms with Crippen LogP contribution in [0.2, 0.25) is 0 Å². The first-order valence-electron chi connectivity index (χ1n) is 18.3. The minimum atomic E-state index is 0.579. The van der Waals surface area contributed by atoms with E-state index in [2.05, 4.69) is 153 Å². The highest BCUT2D eigenvalue weighted by Gasteiger charge is 2.21. The molecule has 55 heavy (non-hydrogen) atoms. The fourth-order valence-electron chi connectivity index (χ4n) is 8.81. The molecule has 0 aliphatic rings. The molecule has 3 heterocycles. The van der Waals surface area contributed by atoms with Crippen LogP contribution in [0.15, 0.2) is 176 Å². The standard InChI is InChI=1S/C50H29N5/c51-30-33-25-24-32(36-13-1-6-19-43(36)55-47-23-10-5-17-40(47)42-18-11-12-34(31-52)50(42)55)28-48(33)54-46-22-9-4-16-39(46)41-27-26-35(29-49(41)54)53-44-20-7-2-14-37(44)38-15-3-8-21-45(38)53/h1-29H. The van der Waals surface area contributed by atoms with Gasteiger partial charge in [0.15, 0.2) is 0 Å². The Morgan fingerprint density at radius 2 is 0.873 bits per heavy atom. The van der Waals surface area contributed by atoms with E-state index in [-0.39, 0.29) is 0 Å². The number of hydrogen-bond acceptors (Lipinski definition) is 2. The van der Waals surface area contributed by atoms with Gasteiger partial charge in [0.25, 0.3) is 0 Å². The van der Waals surface area contributed by atoms with Crippen LogP contribution in [0.5, 0.6) is 0 Å². The van der Waals surface area contributed by atoms with Gasteiger partial charge in [-0.2, -0.15) is 10.5 Å². The quantitative estimate of drug-likeness (QED) is 0.184. The largest absolute Gasteiger partial charge is 0.309 e. The van der Waals surface area contributed by atoms with Crippen molar-refractivity contribution in [2.75, 3.05) is 0 Å². The molecule has 0 saturated heterocycles. The van der Waals surface area contributed by atoms with Gasteiger partial charge in [-0.05, 0) is 66.2 Å². The summed E-state index contributed by atoms with van der Waals surface area (Å²) in [5.41, 5.74) is 12.2. The molecule has 0 fully saturated rings. The fraction of sp³-hybridized carbons (Fsp3) is 0. The number of fused-ring (bicyclic) bond motifs is 9. The minimum Gasteiger partial charge on any atom is -0.309 e. The van der Waals surface area contributed by atoms with Gasteiger partial charge in [0.1, 0.15) is 12.1 Å². The summed E-state index contributed by atoms with van der Waals surface area (Å²) >= 11 is 0. The van der Waals surface area contributed by atoms with E-state index >= 15 is 0 Å². The van der Waals surface area contributed by atoms with E-state index in [1.54, 1.807) is 0 Å². The second kappa shape index (κ2) is 11.8. The topological polar surface area (TPSA) is 62.4 Å². The van der Waals surface area contributed by atoms with E-state index in [1.165, 1.54) is 10.8 Å². The van der Waals surface area contributed by atoms with Gasteiger partial charge in [0.05, 0.1) is 55.6 Å². The number of hydrogen-bond donors (Lipinski definition) is 0. The van der Waals surface area contributed by atoms with Gasteiger partial charge in [-0.25, -0.2) is 0 Å². The number of nitrogens with zero attached hydrogens (tertiary/aromatic N) is 5. The van der Waals surface area contributed by atoms with E-state index in [0.717, 1.165) is 82.8 Å². The molecule has 0 unspecified atom stereocenters. The molecule has 0 atom stereocenters. The maximum atomic E-state index is 10.7. The predicted octanol–water partition coefficient (Wildman–Crippen LogP) is 12.4. The van der Waals surface area contributed by atoms with Crippen LogP contribution in [0.3, 0.4) is 0 Å². The zero-order valence-electron chi connectivity index (χ0n) is 29.5. The van der Waals surface area contributed by atoms with E-state index in [4.69, 9.17) is 0 Å². The highest BCUT2D eigenvalue weighted by Crippen LogP contribution is 2.41. The number of para-hydroxylation sites is 6. The Hall–Kier alpha value is -7.86. The molecular weight excluding hydrogens is 671 g/mol. The number of rotatable bonds is 4. The Balaban J connectivity index is 1.18. The van der Waals surface area contributed by atoms with Gasteiger partial charge >= 0.3 is 0 Å². The average Bonchev–Trinajstić information content (AvgIpc) is 3.89. The lowest BCUT2D eigenvalue weighted by Gasteiger charge is -2.17. The van der Waals surface area contributed by atoms with Crippen LogP contribution >= 0.6 is 0 Å². The monoisotopic (exact) mass is 699 g/mol. The zero-order chi connectivity index (χ0) is 36.6. The SMILES string of the molecule is N#Cc1ccc(-c2ccccc2-n2c3ccccc3c3cccc(C#N)c32)cc1-n1c2ccccc2c2ccc(-n3c4ccccc4c4ccccc43)cc21. The second-order valence-electron chi connectivity index (χ2n) is 14.0. The van der Waals surface area contributed by atoms with Crippen LogP contribution < -0.4 is 0 Å². The second-order valence-corrected chi connectivity index (χ2v) is 14.0. The highest BCUT2D eigenvalue weighted by molar-refractivity contribution is 6.13. The normalized spacial score (nSPS) is 11.6. The van der Waals surface area contributed by atoms with E-state index in [1.807, 2.05) is 48.5 Å². The molecule has 8 aromatic carbocycles. The molecular formula is C50H29N5. The fourth-order valence-corrected chi connectivity index (χ4v) is 8.81. The molecule has 0 N–H and O–H groups in total. The van der Waals surface area contributed by atoms with Gasteiger partial charge in [0, 0.05) is 43.6 Å². The van der Waals surface area contributed by atoms with Gasteiger partial charge in [-0.3, -0.25) is 0 Å². The highest BCUT2D eigenvalue weighted by atomic mass is 15.0. The molecule has 11 rings (SSSR count). The molecule has 0 radical (unpaired) electrons. The van der Waals surface area contributed by atoms with Crippen LogP contribution in [0.25, 0.3) is 93.6 Å². The molecule has 0 aliphatic carbocycles. The molecule has 0 bridgehead atoms. The summed E-state index contributed by atoms with van der Waals surface area (Å²) in [5.74, 6) is 0.